The lowest BCUT2D eigenvalue weighted by atomic mass is 10.1. The van der Waals surface area contributed by atoms with Crippen molar-refractivity contribution >= 4 is 23.7 Å². The maximum absolute atomic E-state index is 9.55. The van der Waals surface area contributed by atoms with E-state index < -0.39 is 11.9 Å². The van der Waals surface area contributed by atoms with Gasteiger partial charge in [-0.3, -0.25) is 0 Å². The molecule has 1 aromatic rings. The lowest BCUT2D eigenvalue weighted by Gasteiger charge is -2.14. The van der Waals surface area contributed by atoms with Gasteiger partial charge in [0.2, 0.25) is 0 Å². The highest BCUT2D eigenvalue weighted by Gasteiger charge is 2.11. The summed E-state index contributed by atoms with van der Waals surface area (Å²) in [5.74, 6) is 0.429. The van der Waals surface area contributed by atoms with Crippen LogP contribution in [0.2, 0.25) is 0 Å². The van der Waals surface area contributed by atoms with Crippen molar-refractivity contribution in [3.8, 4) is 11.5 Å². The lowest BCUT2D eigenvalue weighted by Crippen LogP contribution is -2.05. The second-order valence-corrected chi connectivity index (χ2v) is 6.56. The van der Waals surface area contributed by atoms with Crippen LogP contribution in [0.15, 0.2) is 29.2 Å². The minimum Gasteiger partial charge on any atom is -0.496 e. The average Bonchev–Trinajstić information content (AvgIpc) is 2.64. The second-order valence-electron chi connectivity index (χ2n) is 5.42. The van der Waals surface area contributed by atoms with Crippen LogP contribution < -0.4 is 15.2 Å². The SMILES string of the molecule is CCCCCSc1cc(OC)c(CCN)cc1OC.O=C(O)/C=C/C(=O)O. The number of benzene rings is 1. The zero-order valence-electron chi connectivity index (χ0n) is 16.1. The minimum atomic E-state index is -1.26. The van der Waals surface area contributed by atoms with Crippen LogP contribution in [0.1, 0.15) is 31.7 Å². The van der Waals surface area contributed by atoms with Crippen molar-refractivity contribution in [2.75, 3.05) is 26.5 Å². The quantitative estimate of drug-likeness (QED) is 0.295. The third-order valence-corrected chi connectivity index (χ3v) is 4.48. The van der Waals surface area contributed by atoms with Crippen LogP contribution in [-0.4, -0.2) is 48.7 Å². The van der Waals surface area contributed by atoms with Gasteiger partial charge in [0.05, 0.1) is 19.1 Å². The third-order valence-electron chi connectivity index (χ3n) is 3.35. The molecule has 0 bridgehead atoms. The van der Waals surface area contributed by atoms with Crippen LogP contribution >= 0.6 is 11.8 Å². The van der Waals surface area contributed by atoms with Gasteiger partial charge in [-0.1, -0.05) is 19.8 Å². The molecule has 0 aliphatic heterocycles. The Hall–Kier alpha value is -2.19. The first-order chi connectivity index (χ1) is 12.9. The standard InChI is InChI=1S/C15H25NO2S.C4H4O4/c1-4-5-6-9-19-15-11-13(17-2)12(7-8-16)10-14(15)18-3;5-3(6)1-2-4(7)8/h10-11H,4-9,16H2,1-3H3;1-2H,(H,5,6)(H,7,8)/b;2-1+. The number of unbranched alkanes of at least 4 members (excludes halogenated alkanes) is 2. The van der Waals surface area contributed by atoms with Gasteiger partial charge in [-0.25, -0.2) is 9.59 Å². The van der Waals surface area contributed by atoms with E-state index >= 15 is 0 Å². The predicted molar refractivity (Wildman–Crippen MR) is 107 cm³/mol. The zero-order chi connectivity index (χ0) is 20.7. The first-order valence-corrected chi connectivity index (χ1v) is 9.59. The fourth-order valence-electron chi connectivity index (χ4n) is 2.07. The summed E-state index contributed by atoms with van der Waals surface area (Å²) >= 11 is 1.83. The number of thioether (sulfide) groups is 1. The summed E-state index contributed by atoms with van der Waals surface area (Å²) in [6, 6.07) is 4.12. The molecule has 0 radical (unpaired) electrons. The normalized spacial score (nSPS) is 10.2. The van der Waals surface area contributed by atoms with Crippen LogP contribution in [0.25, 0.3) is 0 Å². The minimum absolute atomic E-state index is 0.558. The summed E-state index contributed by atoms with van der Waals surface area (Å²) in [5, 5.41) is 15.6. The molecule has 7 nitrogen and oxygen atoms in total. The fraction of sp³-hybridized carbons (Fsp3) is 0.474. The Kier molecular flexibility index (Phi) is 13.7. The molecule has 152 valence electrons. The second kappa shape index (κ2) is 14.9. The lowest BCUT2D eigenvalue weighted by molar-refractivity contribution is -0.134. The average molecular weight is 400 g/mol. The van der Waals surface area contributed by atoms with E-state index in [0.29, 0.717) is 18.7 Å². The topological polar surface area (TPSA) is 119 Å². The molecular formula is C19H29NO6S. The van der Waals surface area contributed by atoms with Crippen molar-refractivity contribution in [3.05, 3.63) is 29.8 Å². The summed E-state index contributed by atoms with van der Waals surface area (Å²) in [7, 11) is 3.41. The van der Waals surface area contributed by atoms with E-state index in [0.717, 1.165) is 34.1 Å². The van der Waals surface area contributed by atoms with Gasteiger partial charge in [0.1, 0.15) is 11.5 Å². The Balaban J connectivity index is 0.000000713. The molecule has 27 heavy (non-hydrogen) atoms. The first-order valence-electron chi connectivity index (χ1n) is 8.61. The maximum atomic E-state index is 9.55. The van der Waals surface area contributed by atoms with E-state index in [1.165, 1.54) is 19.3 Å². The van der Waals surface area contributed by atoms with Crippen LogP contribution in [0.3, 0.4) is 0 Å². The number of carboxylic acid groups (broad SMARTS) is 2. The predicted octanol–water partition coefficient (Wildman–Crippen LogP) is 3.20. The molecule has 0 fully saturated rings. The summed E-state index contributed by atoms with van der Waals surface area (Å²) in [4.78, 5) is 20.3. The highest BCUT2D eigenvalue weighted by molar-refractivity contribution is 7.99. The molecule has 0 aliphatic carbocycles. The van der Waals surface area contributed by atoms with Gasteiger partial charge in [0.25, 0.3) is 0 Å². The Morgan fingerprint density at radius 1 is 1.07 bits per heavy atom. The van der Waals surface area contributed by atoms with Crippen molar-refractivity contribution in [2.45, 2.75) is 37.5 Å². The Bertz CT molecular complexity index is 602. The maximum Gasteiger partial charge on any atom is 0.328 e. The van der Waals surface area contributed by atoms with Gasteiger partial charge in [0.15, 0.2) is 0 Å². The molecule has 8 heteroatoms. The van der Waals surface area contributed by atoms with Crippen LogP contribution in [-0.2, 0) is 16.0 Å². The molecule has 0 unspecified atom stereocenters. The number of rotatable bonds is 11. The Labute approximate surface area is 164 Å². The molecule has 0 amide bonds. The Morgan fingerprint density at radius 2 is 1.67 bits per heavy atom. The number of carboxylic acids is 2. The number of hydrogen-bond acceptors (Lipinski definition) is 6. The molecule has 0 aromatic heterocycles. The van der Waals surface area contributed by atoms with Gasteiger partial charge < -0.3 is 25.4 Å². The molecule has 1 rings (SSSR count). The van der Waals surface area contributed by atoms with E-state index in [1.807, 2.05) is 17.8 Å². The molecule has 1 aromatic carbocycles. The largest absolute Gasteiger partial charge is 0.496 e. The molecule has 0 saturated heterocycles. The summed E-state index contributed by atoms with van der Waals surface area (Å²) in [6.45, 7) is 2.83. The summed E-state index contributed by atoms with van der Waals surface area (Å²) < 4.78 is 10.9. The van der Waals surface area contributed by atoms with Gasteiger partial charge in [-0.05, 0) is 42.8 Å². The number of aliphatic carboxylic acids is 2. The van der Waals surface area contributed by atoms with Gasteiger partial charge in [-0.15, -0.1) is 11.8 Å². The van der Waals surface area contributed by atoms with E-state index in [2.05, 4.69) is 13.0 Å². The van der Waals surface area contributed by atoms with E-state index in [9.17, 15) is 9.59 Å². The molecule has 0 aliphatic rings. The number of carbonyl (C=O) groups is 2. The van der Waals surface area contributed by atoms with E-state index in [-0.39, 0.29) is 0 Å². The van der Waals surface area contributed by atoms with Crippen molar-refractivity contribution < 1.29 is 29.3 Å². The summed E-state index contributed by atoms with van der Waals surface area (Å²) in [5.41, 5.74) is 6.74. The van der Waals surface area contributed by atoms with E-state index in [4.69, 9.17) is 25.4 Å². The van der Waals surface area contributed by atoms with E-state index in [1.54, 1.807) is 14.2 Å². The number of ether oxygens (including phenoxy) is 2. The molecule has 0 saturated carbocycles. The monoisotopic (exact) mass is 399 g/mol. The van der Waals surface area contributed by atoms with Gasteiger partial charge in [0, 0.05) is 12.2 Å². The van der Waals surface area contributed by atoms with Crippen molar-refractivity contribution in [2.24, 2.45) is 5.73 Å². The highest BCUT2D eigenvalue weighted by Crippen LogP contribution is 2.36. The number of hydrogen-bond donors (Lipinski definition) is 3. The van der Waals surface area contributed by atoms with Gasteiger partial charge >= 0.3 is 11.9 Å². The molecular weight excluding hydrogens is 370 g/mol. The van der Waals surface area contributed by atoms with Crippen molar-refractivity contribution in [1.29, 1.82) is 0 Å². The zero-order valence-corrected chi connectivity index (χ0v) is 16.9. The number of methoxy groups -OCH3 is 2. The van der Waals surface area contributed by atoms with Crippen LogP contribution in [0.4, 0.5) is 0 Å². The highest BCUT2D eigenvalue weighted by atomic mass is 32.2. The molecule has 0 spiro atoms. The fourth-order valence-corrected chi connectivity index (χ4v) is 3.12. The van der Waals surface area contributed by atoms with Crippen molar-refractivity contribution in [3.63, 3.8) is 0 Å². The Morgan fingerprint density at radius 3 is 2.11 bits per heavy atom. The first kappa shape index (κ1) is 24.8. The molecule has 4 N–H and O–H groups in total. The smallest absolute Gasteiger partial charge is 0.328 e. The molecule has 0 heterocycles. The van der Waals surface area contributed by atoms with Crippen molar-refractivity contribution in [1.82, 2.24) is 0 Å². The third kappa shape index (κ3) is 11.2. The van der Waals surface area contributed by atoms with Crippen LogP contribution in [0, 0.1) is 0 Å². The number of nitrogens with two attached hydrogens (primary N) is 1. The molecule has 0 atom stereocenters. The van der Waals surface area contributed by atoms with Crippen LogP contribution in [0.5, 0.6) is 11.5 Å². The van der Waals surface area contributed by atoms with Gasteiger partial charge in [-0.2, -0.15) is 0 Å². The summed E-state index contributed by atoms with van der Waals surface area (Å²) in [6.07, 6.45) is 5.68.